The highest BCUT2D eigenvalue weighted by atomic mass is 16.3. The molecule has 0 heterocycles. The van der Waals surface area contributed by atoms with Crippen molar-refractivity contribution in [1.29, 1.82) is 0 Å². The Labute approximate surface area is 132 Å². The summed E-state index contributed by atoms with van der Waals surface area (Å²) in [6.45, 7) is 1.50. The van der Waals surface area contributed by atoms with Crippen molar-refractivity contribution in [3.8, 4) is 0 Å². The molecule has 1 aromatic rings. The first-order valence-electron chi connectivity index (χ1n) is 8.12. The van der Waals surface area contributed by atoms with E-state index in [1.807, 2.05) is 37.4 Å². The normalized spacial score (nSPS) is 21.2. The van der Waals surface area contributed by atoms with Gasteiger partial charge in [-0.3, -0.25) is 0 Å². The number of rotatable bonds is 6. The van der Waals surface area contributed by atoms with E-state index in [-0.39, 0.29) is 24.6 Å². The Bertz CT molecular complexity index is 452. The Balaban J connectivity index is 1.69. The van der Waals surface area contributed by atoms with Gasteiger partial charge in [0.2, 0.25) is 0 Å². The predicted octanol–water partition coefficient (Wildman–Crippen LogP) is 1.97. The zero-order valence-electron chi connectivity index (χ0n) is 13.3. The molecule has 2 amide bonds. The Hall–Kier alpha value is -1.75. The van der Waals surface area contributed by atoms with E-state index >= 15 is 0 Å². The molecule has 5 heteroatoms. The lowest BCUT2D eigenvalue weighted by molar-refractivity contribution is 0.154. The van der Waals surface area contributed by atoms with Gasteiger partial charge < -0.3 is 20.6 Å². The second kappa shape index (κ2) is 8.63. The van der Waals surface area contributed by atoms with Gasteiger partial charge in [-0.25, -0.2) is 4.79 Å². The maximum absolute atomic E-state index is 12.0. The average molecular weight is 305 g/mol. The number of hydrogen-bond acceptors (Lipinski definition) is 3. The van der Waals surface area contributed by atoms with E-state index in [1.165, 1.54) is 0 Å². The van der Waals surface area contributed by atoms with Crippen molar-refractivity contribution in [3.05, 3.63) is 30.3 Å². The van der Waals surface area contributed by atoms with Crippen LogP contribution in [0.3, 0.4) is 0 Å². The predicted molar refractivity (Wildman–Crippen MR) is 89.1 cm³/mol. The quantitative estimate of drug-likeness (QED) is 0.753. The van der Waals surface area contributed by atoms with Gasteiger partial charge in [-0.05, 0) is 25.0 Å². The maximum atomic E-state index is 12.0. The Morgan fingerprint density at radius 2 is 2.00 bits per heavy atom. The number of likely N-dealkylation sites (N-methyl/N-ethyl adjacent to an activating group) is 1. The fraction of sp³-hybridized carbons (Fsp3) is 0.588. The van der Waals surface area contributed by atoms with Crippen molar-refractivity contribution in [3.63, 3.8) is 0 Å². The number of carbonyl (C=O) groups excluding carboxylic acids is 1. The van der Waals surface area contributed by atoms with Crippen LogP contribution in [0, 0.1) is 5.92 Å². The van der Waals surface area contributed by atoms with Gasteiger partial charge in [0.15, 0.2) is 0 Å². The molecule has 0 aromatic heterocycles. The molecular weight excluding hydrogens is 278 g/mol. The Morgan fingerprint density at radius 3 is 2.73 bits per heavy atom. The number of benzene rings is 1. The molecule has 1 saturated carbocycles. The summed E-state index contributed by atoms with van der Waals surface area (Å²) in [4.78, 5) is 14.1. The number of aliphatic hydroxyl groups excluding tert-OH is 1. The largest absolute Gasteiger partial charge is 0.396 e. The molecule has 0 aliphatic heterocycles. The topological polar surface area (TPSA) is 64.6 Å². The van der Waals surface area contributed by atoms with E-state index < -0.39 is 0 Å². The highest BCUT2D eigenvalue weighted by Gasteiger charge is 2.25. The van der Waals surface area contributed by atoms with Gasteiger partial charge in [-0.15, -0.1) is 0 Å². The number of anilines is 1. The number of hydrogen-bond donors (Lipinski definition) is 3. The van der Waals surface area contributed by atoms with Crippen LogP contribution in [0.2, 0.25) is 0 Å². The number of carbonyl (C=O) groups is 1. The molecule has 1 fully saturated rings. The van der Waals surface area contributed by atoms with Gasteiger partial charge in [0.05, 0.1) is 0 Å². The summed E-state index contributed by atoms with van der Waals surface area (Å²) in [6, 6.07) is 10.1. The van der Waals surface area contributed by atoms with E-state index in [0.29, 0.717) is 6.54 Å². The third-order valence-corrected chi connectivity index (χ3v) is 4.39. The molecule has 122 valence electrons. The third kappa shape index (κ3) is 4.91. The molecule has 0 bridgehead atoms. The molecule has 2 atom stereocenters. The second-order valence-electron chi connectivity index (χ2n) is 5.99. The second-order valence-corrected chi connectivity index (χ2v) is 5.99. The summed E-state index contributed by atoms with van der Waals surface area (Å²) >= 11 is 0. The summed E-state index contributed by atoms with van der Waals surface area (Å²) in [5.74, 6) is 0.200. The smallest absolute Gasteiger partial charge is 0.315 e. The molecule has 0 radical (unpaired) electrons. The maximum Gasteiger partial charge on any atom is 0.315 e. The number of para-hydroxylation sites is 1. The standard InChI is InChI=1S/C17H27N3O2/c1-20(15-8-3-2-4-9-15)12-11-18-17(22)19-16-10-6-5-7-14(16)13-21/h2-4,8-9,14,16,21H,5-7,10-13H2,1H3,(H2,18,19,22). The molecule has 1 aromatic carbocycles. The molecule has 5 nitrogen and oxygen atoms in total. The van der Waals surface area contributed by atoms with Crippen molar-refractivity contribution in [2.45, 2.75) is 31.7 Å². The zero-order valence-corrected chi connectivity index (χ0v) is 13.3. The zero-order chi connectivity index (χ0) is 15.8. The van der Waals surface area contributed by atoms with Crippen LogP contribution in [0.5, 0.6) is 0 Å². The monoisotopic (exact) mass is 305 g/mol. The summed E-state index contributed by atoms with van der Waals surface area (Å²) in [6.07, 6.45) is 4.23. The van der Waals surface area contributed by atoms with Crippen LogP contribution in [-0.4, -0.2) is 43.9 Å². The minimum atomic E-state index is -0.133. The lowest BCUT2D eigenvalue weighted by Crippen LogP contribution is -2.48. The first-order valence-corrected chi connectivity index (χ1v) is 8.12. The van der Waals surface area contributed by atoms with E-state index in [0.717, 1.165) is 37.9 Å². The first kappa shape index (κ1) is 16.6. The fourth-order valence-corrected chi connectivity index (χ4v) is 2.98. The number of nitrogens with one attached hydrogen (secondary N) is 2. The van der Waals surface area contributed by atoms with E-state index in [9.17, 15) is 9.90 Å². The Kier molecular flexibility index (Phi) is 6.52. The van der Waals surface area contributed by atoms with Crippen molar-refractivity contribution < 1.29 is 9.90 Å². The lowest BCUT2D eigenvalue weighted by atomic mass is 9.85. The molecule has 2 rings (SSSR count). The summed E-state index contributed by atoms with van der Waals surface area (Å²) in [7, 11) is 2.01. The number of urea groups is 1. The third-order valence-electron chi connectivity index (χ3n) is 4.39. The van der Waals surface area contributed by atoms with Gasteiger partial charge in [0.25, 0.3) is 0 Å². The fourth-order valence-electron chi connectivity index (χ4n) is 2.98. The van der Waals surface area contributed by atoms with Crippen LogP contribution in [0.15, 0.2) is 30.3 Å². The highest BCUT2D eigenvalue weighted by Crippen LogP contribution is 2.23. The SMILES string of the molecule is CN(CCNC(=O)NC1CCCCC1CO)c1ccccc1. The summed E-state index contributed by atoms with van der Waals surface area (Å²) in [5.41, 5.74) is 1.14. The summed E-state index contributed by atoms with van der Waals surface area (Å²) < 4.78 is 0. The lowest BCUT2D eigenvalue weighted by Gasteiger charge is -2.31. The molecule has 22 heavy (non-hydrogen) atoms. The van der Waals surface area contributed by atoms with Crippen molar-refractivity contribution in [2.24, 2.45) is 5.92 Å². The van der Waals surface area contributed by atoms with E-state index in [4.69, 9.17) is 0 Å². The molecule has 1 aliphatic rings. The minimum absolute atomic E-state index is 0.102. The van der Waals surface area contributed by atoms with Crippen molar-refractivity contribution >= 4 is 11.7 Å². The van der Waals surface area contributed by atoms with Crippen molar-refractivity contribution in [1.82, 2.24) is 10.6 Å². The van der Waals surface area contributed by atoms with Crippen molar-refractivity contribution in [2.75, 3.05) is 31.6 Å². The molecule has 0 spiro atoms. The van der Waals surface area contributed by atoms with Crippen LogP contribution in [-0.2, 0) is 0 Å². The molecule has 0 saturated heterocycles. The molecule has 1 aliphatic carbocycles. The first-order chi connectivity index (χ1) is 10.7. The van der Waals surface area contributed by atoms with Crippen LogP contribution in [0.1, 0.15) is 25.7 Å². The van der Waals surface area contributed by atoms with Crippen LogP contribution in [0.4, 0.5) is 10.5 Å². The van der Waals surface area contributed by atoms with Crippen LogP contribution in [0.25, 0.3) is 0 Å². The van der Waals surface area contributed by atoms with Gasteiger partial charge in [-0.2, -0.15) is 0 Å². The van der Waals surface area contributed by atoms with Crippen LogP contribution >= 0.6 is 0 Å². The minimum Gasteiger partial charge on any atom is -0.396 e. The van der Waals surface area contributed by atoms with Gasteiger partial charge >= 0.3 is 6.03 Å². The van der Waals surface area contributed by atoms with E-state index in [1.54, 1.807) is 0 Å². The number of aliphatic hydroxyl groups is 1. The van der Waals surface area contributed by atoms with Gasteiger partial charge in [0.1, 0.15) is 0 Å². The number of nitrogens with zero attached hydrogens (tertiary/aromatic N) is 1. The summed E-state index contributed by atoms with van der Waals surface area (Å²) in [5, 5.41) is 15.3. The van der Waals surface area contributed by atoms with Gasteiger partial charge in [0, 0.05) is 44.4 Å². The molecular formula is C17H27N3O2. The molecule has 2 unspecified atom stereocenters. The Morgan fingerprint density at radius 1 is 1.27 bits per heavy atom. The van der Waals surface area contributed by atoms with Crippen LogP contribution < -0.4 is 15.5 Å². The highest BCUT2D eigenvalue weighted by molar-refractivity contribution is 5.74. The molecule has 3 N–H and O–H groups in total. The van der Waals surface area contributed by atoms with E-state index in [2.05, 4.69) is 15.5 Å². The average Bonchev–Trinajstić information content (AvgIpc) is 2.56. The van der Waals surface area contributed by atoms with Gasteiger partial charge in [-0.1, -0.05) is 31.0 Å². The number of amides is 2.